The number of aryl methyl sites for hydroxylation is 2. The Morgan fingerprint density at radius 1 is 1.35 bits per heavy atom. The van der Waals surface area contributed by atoms with Gasteiger partial charge in [0.15, 0.2) is 5.13 Å². The third kappa shape index (κ3) is 3.61. The summed E-state index contributed by atoms with van der Waals surface area (Å²) in [5, 5.41) is 3.42. The molecule has 0 unspecified atom stereocenters. The number of hydrogen-bond acceptors (Lipinski definition) is 4. The van der Waals surface area contributed by atoms with E-state index in [0.29, 0.717) is 22.1 Å². The molecule has 1 aromatic heterocycles. The van der Waals surface area contributed by atoms with E-state index < -0.39 is 0 Å². The zero-order valence-electron chi connectivity index (χ0n) is 11.3. The van der Waals surface area contributed by atoms with E-state index in [1.807, 2.05) is 26.0 Å². The molecule has 0 saturated carbocycles. The summed E-state index contributed by atoms with van der Waals surface area (Å²) in [6, 6.07) is 7.23. The normalized spacial score (nSPS) is 10.3. The first-order valence-electron chi connectivity index (χ1n) is 6.08. The van der Waals surface area contributed by atoms with E-state index >= 15 is 0 Å². The lowest BCUT2D eigenvalue weighted by Crippen LogP contribution is -2.13. The molecule has 0 spiro atoms. The van der Waals surface area contributed by atoms with Crippen molar-refractivity contribution in [2.45, 2.75) is 20.3 Å². The third-order valence-corrected chi connectivity index (χ3v) is 3.98. The van der Waals surface area contributed by atoms with E-state index in [9.17, 15) is 4.79 Å². The van der Waals surface area contributed by atoms with Crippen LogP contribution in [0.1, 0.15) is 26.5 Å². The van der Waals surface area contributed by atoms with Crippen molar-refractivity contribution >= 4 is 39.6 Å². The Morgan fingerprint density at radius 3 is 2.50 bits per heavy atom. The van der Waals surface area contributed by atoms with Gasteiger partial charge >= 0.3 is 0 Å². The molecule has 20 heavy (non-hydrogen) atoms. The number of carbonyl (C=O) groups is 1. The highest BCUT2D eigenvalue weighted by Gasteiger charge is 2.10. The average molecular weight is 305 g/mol. The molecule has 2 rings (SSSR count). The number of carbonyl (C=O) groups excluding carboxylic acids is 1. The van der Waals surface area contributed by atoms with Crippen molar-refractivity contribution in [3.8, 4) is 0 Å². The zero-order valence-corrected chi connectivity index (χ0v) is 12.9. The molecule has 0 aliphatic rings. The Hall–Kier alpha value is -1.79. The lowest BCUT2D eigenvalue weighted by molar-refractivity contribution is 0.102. The monoisotopic (exact) mass is 305 g/mol. The molecule has 3 N–H and O–H groups in total. The second kappa shape index (κ2) is 6.11. The van der Waals surface area contributed by atoms with Gasteiger partial charge in [0.05, 0.1) is 10.7 Å². The minimum atomic E-state index is -0.166. The number of hydrogen-bond donors (Lipinski definition) is 2. The van der Waals surface area contributed by atoms with Gasteiger partial charge in [0.2, 0.25) is 0 Å². The van der Waals surface area contributed by atoms with Crippen molar-refractivity contribution in [2.75, 3.05) is 5.32 Å². The third-order valence-electron chi connectivity index (χ3n) is 2.84. The molecule has 0 aliphatic heterocycles. The Bertz CT molecular complexity index is 627. The number of nitrogens with one attached hydrogen (secondary N) is 1. The molecule has 0 radical (unpaired) electrons. The summed E-state index contributed by atoms with van der Waals surface area (Å²) in [6.45, 7) is 3.90. The highest BCUT2D eigenvalue weighted by molar-refractivity contribution is 7.80. The molecular formula is C14H15N3OS2. The van der Waals surface area contributed by atoms with Crippen LogP contribution in [0, 0.1) is 13.8 Å². The SMILES string of the molecule is Cc1nc(NC(=O)c2ccc(CC(N)=S)cc2)sc1C. The van der Waals surface area contributed by atoms with Gasteiger partial charge in [0.1, 0.15) is 0 Å². The molecule has 0 fully saturated rings. The molecule has 104 valence electrons. The maximum atomic E-state index is 12.1. The van der Waals surface area contributed by atoms with E-state index in [4.69, 9.17) is 18.0 Å². The molecule has 0 aliphatic carbocycles. The summed E-state index contributed by atoms with van der Waals surface area (Å²) in [7, 11) is 0. The van der Waals surface area contributed by atoms with E-state index in [0.717, 1.165) is 16.1 Å². The number of rotatable bonds is 4. The molecule has 0 saturated heterocycles. The summed E-state index contributed by atoms with van der Waals surface area (Å²) in [5.41, 5.74) is 8.01. The fraction of sp³-hybridized carbons (Fsp3) is 0.214. The Labute approximate surface area is 127 Å². The van der Waals surface area contributed by atoms with Crippen LogP contribution in [0.2, 0.25) is 0 Å². The minimum absolute atomic E-state index is 0.166. The molecule has 1 heterocycles. The van der Waals surface area contributed by atoms with Gasteiger partial charge in [-0.1, -0.05) is 24.4 Å². The first kappa shape index (κ1) is 14.6. The molecule has 2 aromatic rings. The lowest BCUT2D eigenvalue weighted by atomic mass is 10.1. The molecule has 6 heteroatoms. The molecule has 0 atom stereocenters. The van der Waals surface area contributed by atoms with Crippen LogP contribution in [0.3, 0.4) is 0 Å². The van der Waals surface area contributed by atoms with Crippen LogP contribution in [0.25, 0.3) is 0 Å². The number of thiocarbonyl (C=S) groups is 1. The van der Waals surface area contributed by atoms with Crippen molar-refractivity contribution in [1.82, 2.24) is 4.98 Å². The number of nitrogens with zero attached hydrogens (tertiary/aromatic N) is 1. The number of thiazole rings is 1. The number of benzene rings is 1. The largest absolute Gasteiger partial charge is 0.393 e. The van der Waals surface area contributed by atoms with Crippen LogP contribution in [-0.2, 0) is 6.42 Å². The topological polar surface area (TPSA) is 68.0 Å². The molecular weight excluding hydrogens is 290 g/mol. The van der Waals surface area contributed by atoms with Crippen molar-refractivity contribution in [2.24, 2.45) is 5.73 Å². The van der Waals surface area contributed by atoms with Crippen molar-refractivity contribution in [1.29, 1.82) is 0 Å². The van der Waals surface area contributed by atoms with Gasteiger partial charge in [-0.2, -0.15) is 0 Å². The van der Waals surface area contributed by atoms with Gasteiger partial charge in [0.25, 0.3) is 5.91 Å². The smallest absolute Gasteiger partial charge is 0.257 e. The quantitative estimate of drug-likeness (QED) is 0.852. The molecule has 0 bridgehead atoms. The Balaban J connectivity index is 2.07. The highest BCUT2D eigenvalue weighted by atomic mass is 32.1. The predicted molar refractivity (Wildman–Crippen MR) is 86.5 cm³/mol. The Kier molecular flexibility index (Phi) is 4.46. The average Bonchev–Trinajstić information content (AvgIpc) is 2.68. The molecule has 1 amide bonds. The summed E-state index contributed by atoms with van der Waals surface area (Å²) in [4.78, 5) is 17.9. The van der Waals surface area contributed by atoms with Crippen LogP contribution in [0.15, 0.2) is 24.3 Å². The Morgan fingerprint density at radius 2 is 2.00 bits per heavy atom. The first-order chi connectivity index (χ1) is 9.45. The maximum Gasteiger partial charge on any atom is 0.257 e. The summed E-state index contributed by atoms with van der Waals surface area (Å²) in [6.07, 6.45) is 0.544. The zero-order chi connectivity index (χ0) is 14.7. The van der Waals surface area contributed by atoms with E-state index in [-0.39, 0.29) is 5.91 Å². The van der Waals surface area contributed by atoms with Crippen LogP contribution < -0.4 is 11.1 Å². The number of amides is 1. The van der Waals surface area contributed by atoms with Gasteiger partial charge in [-0.15, -0.1) is 11.3 Å². The molecule has 1 aromatic carbocycles. The van der Waals surface area contributed by atoms with E-state index in [1.54, 1.807) is 12.1 Å². The van der Waals surface area contributed by atoms with Gasteiger partial charge in [-0.3, -0.25) is 10.1 Å². The van der Waals surface area contributed by atoms with Crippen LogP contribution in [0.4, 0.5) is 5.13 Å². The van der Waals surface area contributed by atoms with Crippen molar-refractivity contribution in [3.05, 3.63) is 46.0 Å². The second-order valence-electron chi connectivity index (χ2n) is 4.45. The first-order valence-corrected chi connectivity index (χ1v) is 7.31. The minimum Gasteiger partial charge on any atom is -0.393 e. The lowest BCUT2D eigenvalue weighted by Gasteiger charge is -2.03. The second-order valence-corrected chi connectivity index (χ2v) is 6.18. The van der Waals surface area contributed by atoms with Crippen molar-refractivity contribution in [3.63, 3.8) is 0 Å². The van der Waals surface area contributed by atoms with Gasteiger partial charge in [-0.25, -0.2) is 4.98 Å². The van der Waals surface area contributed by atoms with E-state index in [1.165, 1.54) is 11.3 Å². The number of anilines is 1. The highest BCUT2D eigenvalue weighted by Crippen LogP contribution is 2.21. The summed E-state index contributed by atoms with van der Waals surface area (Å²) in [5.74, 6) is -0.166. The van der Waals surface area contributed by atoms with Gasteiger partial charge in [0, 0.05) is 16.9 Å². The van der Waals surface area contributed by atoms with Gasteiger partial charge < -0.3 is 5.73 Å². The summed E-state index contributed by atoms with van der Waals surface area (Å²) >= 11 is 6.33. The van der Waals surface area contributed by atoms with Crippen LogP contribution in [0.5, 0.6) is 0 Å². The van der Waals surface area contributed by atoms with Gasteiger partial charge in [-0.05, 0) is 31.5 Å². The predicted octanol–water partition coefficient (Wildman–Crippen LogP) is 2.84. The summed E-state index contributed by atoms with van der Waals surface area (Å²) < 4.78 is 0. The van der Waals surface area contributed by atoms with E-state index in [2.05, 4.69) is 10.3 Å². The maximum absolute atomic E-state index is 12.1. The fourth-order valence-corrected chi connectivity index (χ4v) is 2.65. The number of nitrogens with two attached hydrogens (primary N) is 1. The van der Waals surface area contributed by atoms with Crippen LogP contribution in [-0.4, -0.2) is 15.9 Å². The molecule has 4 nitrogen and oxygen atoms in total. The number of aromatic nitrogens is 1. The van der Waals surface area contributed by atoms with Crippen LogP contribution >= 0.6 is 23.6 Å². The van der Waals surface area contributed by atoms with Crippen molar-refractivity contribution < 1.29 is 4.79 Å². The standard InChI is InChI=1S/C14H15N3OS2/c1-8-9(2)20-14(16-8)17-13(18)11-5-3-10(4-6-11)7-12(15)19/h3-6H,7H2,1-2H3,(H2,15,19)(H,16,17,18). The fourth-order valence-electron chi connectivity index (χ4n) is 1.67.